The van der Waals surface area contributed by atoms with Gasteiger partial charge in [0.1, 0.15) is 10.4 Å². The summed E-state index contributed by atoms with van der Waals surface area (Å²) < 4.78 is 1.55. The summed E-state index contributed by atoms with van der Waals surface area (Å²) >= 11 is 3.12. The van der Waals surface area contributed by atoms with Gasteiger partial charge in [0.25, 0.3) is 5.56 Å². The monoisotopic (exact) mass is 311 g/mol. The van der Waals surface area contributed by atoms with Crippen LogP contribution in [0.5, 0.6) is 5.75 Å². The predicted octanol–water partition coefficient (Wildman–Crippen LogP) is 2.27. The fourth-order valence-corrected chi connectivity index (χ4v) is 4.49. The topological polar surface area (TPSA) is 69.2 Å². The van der Waals surface area contributed by atoms with E-state index in [4.69, 9.17) is 0 Å². The van der Waals surface area contributed by atoms with Crippen LogP contribution in [0.25, 0.3) is 10.3 Å². The Morgan fingerprint density at radius 3 is 3.00 bits per heavy atom. The average molecular weight is 311 g/mol. The Kier molecular flexibility index (Phi) is 4.28. The van der Waals surface area contributed by atoms with Crippen molar-refractivity contribution in [3.63, 3.8) is 0 Å². The molecule has 0 aliphatic carbocycles. The van der Waals surface area contributed by atoms with E-state index in [1.807, 2.05) is 0 Å². The number of rotatable bonds is 4. The van der Waals surface area contributed by atoms with Crippen molar-refractivity contribution in [3.8, 4) is 5.75 Å². The molecule has 0 bridgehead atoms. The number of pyridine rings is 1. The lowest BCUT2D eigenvalue weighted by molar-refractivity contribution is 0.242. The Balaban J connectivity index is 1.63. The molecule has 0 saturated carbocycles. The van der Waals surface area contributed by atoms with Gasteiger partial charge in [0.2, 0.25) is 0 Å². The maximum absolute atomic E-state index is 11.3. The minimum absolute atomic E-state index is 0.0177. The number of thioether (sulfide) groups is 1. The van der Waals surface area contributed by atoms with Crippen LogP contribution in [-0.2, 0) is 0 Å². The third-order valence-corrected chi connectivity index (χ3v) is 5.63. The Labute approximate surface area is 125 Å². The molecular formula is C13H17N3O2S2. The number of nitrogens with zero attached hydrogens (tertiary/aromatic N) is 2. The molecule has 108 valence electrons. The van der Waals surface area contributed by atoms with Crippen molar-refractivity contribution in [2.24, 2.45) is 0 Å². The molecule has 1 aliphatic heterocycles. The van der Waals surface area contributed by atoms with Crippen molar-refractivity contribution < 1.29 is 5.11 Å². The molecule has 3 heterocycles. The number of fused-ring (bicyclic) bond motifs is 1. The summed E-state index contributed by atoms with van der Waals surface area (Å²) in [4.78, 5) is 20.8. The molecule has 1 aliphatic rings. The molecule has 20 heavy (non-hydrogen) atoms. The number of H-pyrrole nitrogens is 1. The number of aromatic amines is 1. The summed E-state index contributed by atoms with van der Waals surface area (Å²) in [5.74, 6) is 1.01. The molecule has 0 radical (unpaired) electrons. The second kappa shape index (κ2) is 6.15. The van der Waals surface area contributed by atoms with Gasteiger partial charge in [0.15, 0.2) is 9.99 Å². The molecular weight excluding hydrogens is 294 g/mol. The highest BCUT2D eigenvalue weighted by atomic mass is 32.2. The van der Waals surface area contributed by atoms with Crippen molar-refractivity contribution in [2.75, 3.05) is 25.4 Å². The molecule has 1 saturated heterocycles. The van der Waals surface area contributed by atoms with Crippen LogP contribution in [0.4, 0.5) is 0 Å². The molecule has 2 N–H and O–H groups in total. The first-order chi connectivity index (χ1) is 9.72. The van der Waals surface area contributed by atoms with Crippen molar-refractivity contribution >= 4 is 33.4 Å². The van der Waals surface area contributed by atoms with E-state index in [0.29, 0.717) is 10.3 Å². The van der Waals surface area contributed by atoms with Gasteiger partial charge in [0, 0.05) is 18.4 Å². The first-order valence-corrected chi connectivity index (χ1v) is 8.60. The molecule has 7 heteroatoms. The van der Waals surface area contributed by atoms with E-state index in [2.05, 4.69) is 14.9 Å². The van der Waals surface area contributed by atoms with Gasteiger partial charge in [-0.3, -0.25) is 4.79 Å². The van der Waals surface area contributed by atoms with Gasteiger partial charge in [-0.2, -0.15) is 0 Å². The maximum Gasteiger partial charge on any atom is 0.253 e. The lowest BCUT2D eigenvalue weighted by Gasteiger charge is -2.25. The van der Waals surface area contributed by atoms with E-state index in [-0.39, 0.29) is 11.3 Å². The highest BCUT2D eigenvalue weighted by Gasteiger charge is 2.12. The molecule has 3 rings (SSSR count). The number of hydrogen-bond donors (Lipinski definition) is 2. The summed E-state index contributed by atoms with van der Waals surface area (Å²) in [6, 6.07) is 1.20. The molecule has 2 aromatic heterocycles. The second-order valence-corrected chi connectivity index (χ2v) is 7.27. The van der Waals surface area contributed by atoms with E-state index in [0.717, 1.165) is 16.6 Å². The maximum atomic E-state index is 11.3. The summed E-state index contributed by atoms with van der Waals surface area (Å²) in [6.07, 6.45) is 3.97. The molecule has 2 aromatic rings. The van der Waals surface area contributed by atoms with Crippen molar-refractivity contribution in [1.82, 2.24) is 14.9 Å². The summed E-state index contributed by atoms with van der Waals surface area (Å²) in [5, 5.41) is 9.73. The first kappa shape index (κ1) is 13.9. The summed E-state index contributed by atoms with van der Waals surface area (Å²) in [7, 11) is 0. The fraction of sp³-hybridized carbons (Fsp3) is 0.538. The highest BCUT2D eigenvalue weighted by Crippen LogP contribution is 2.32. The minimum Gasteiger partial charge on any atom is -0.506 e. The number of piperidine rings is 1. The van der Waals surface area contributed by atoms with Crippen LogP contribution in [0.3, 0.4) is 0 Å². The van der Waals surface area contributed by atoms with Crippen LogP contribution >= 0.6 is 23.1 Å². The Hall–Kier alpha value is -1.05. The lowest BCUT2D eigenvalue weighted by atomic mass is 10.1. The Morgan fingerprint density at radius 1 is 1.40 bits per heavy atom. The molecule has 0 atom stereocenters. The van der Waals surface area contributed by atoms with Gasteiger partial charge in [0.05, 0.1) is 0 Å². The molecule has 1 fully saturated rings. The quantitative estimate of drug-likeness (QED) is 0.848. The van der Waals surface area contributed by atoms with Crippen molar-refractivity contribution in [1.29, 1.82) is 0 Å². The van der Waals surface area contributed by atoms with Gasteiger partial charge >= 0.3 is 0 Å². The van der Waals surface area contributed by atoms with Gasteiger partial charge in [-0.05, 0) is 25.9 Å². The van der Waals surface area contributed by atoms with Gasteiger partial charge in [-0.15, -0.1) is 11.3 Å². The molecule has 0 amide bonds. The zero-order valence-corrected chi connectivity index (χ0v) is 12.7. The van der Waals surface area contributed by atoms with E-state index < -0.39 is 0 Å². The largest absolute Gasteiger partial charge is 0.506 e. The normalized spacial score (nSPS) is 16.8. The molecule has 0 aromatic carbocycles. The van der Waals surface area contributed by atoms with E-state index in [9.17, 15) is 9.90 Å². The van der Waals surface area contributed by atoms with Gasteiger partial charge < -0.3 is 15.0 Å². The molecule has 0 unspecified atom stereocenters. The standard InChI is InChI=1S/C13H17N3O2S2/c17-9-8-10(18)14-12-11(9)20-13(15-12)19-7-6-16-4-2-1-3-5-16/h8H,1-7H2,(H2,14,17,18). The zero-order chi connectivity index (χ0) is 13.9. The van der Waals surface area contributed by atoms with E-state index in [1.165, 1.54) is 49.8 Å². The Bertz CT molecular complexity index is 647. The Morgan fingerprint density at radius 2 is 2.20 bits per heavy atom. The molecule has 5 nitrogen and oxygen atoms in total. The summed E-state index contributed by atoms with van der Waals surface area (Å²) in [5.41, 5.74) is 0.172. The van der Waals surface area contributed by atoms with Crippen molar-refractivity contribution in [2.45, 2.75) is 23.6 Å². The van der Waals surface area contributed by atoms with Crippen LogP contribution in [0.1, 0.15) is 19.3 Å². The zero-order valence-electron chi connectivity index (χ0n) is 11.1. The minimum atomic E-state index is -0.315. The first-order valence-electron chi connectivity index (χ1n) is 6.80. The van der Waals surface area contributed by atoms with Crippen LogP contribution in [0, 0.1) is 0 Å². The van der Waals surface area contributed by atoms with Crippen LogP contribution in [-0.4, -0.2) is 45.4 Å². The molecule has 0 spiro atoms. The second-order valence-electron chi connectivity index (χ2n) is 4.93. The fourth-order valence-electron chi connectivity index (χ4n) is 2.41. The average Bonchev–Trinajstić information content (AvgIpc) is 2.83. The predicted molar refractivity (Wildman–Crippen MR) is 82.9 cm³/mol. The van der Waals surface area contributed by atoms with Crippen LogP contribution in [0.15, 0.2) is 15.2 Å². The third kappa shape index (κ3) is 3.16. The van der Waals surface area contributed by atoms with Gasteiger partial charge in [-0.25, -0.2) is 4.98 Å². The van der Waals surface area contributed by atoms with Crippen LogP contribution in [0.2, 0.25) is 0 Å². The number of likely N-dealkylation sites (tertiary alicyclic amines) is 1. The lowest BCUT2D eigenvalue weighted by Crippen LogP contribution is -2.31. The van der Waals surface area contributed by atoms with E-state index >= 15 is 0 Å². The number of nitrogens with one attached hydrogen (secondary N) is 1. The number of aromatic hydroxyl groups is 1. The number of hydrogen-bond acceptors (Lipinski definition) is 6. The summed E-state index contributed by atoms with van der Waals surface area (Å²) in [6.45, 7) is 3.48. The van der Waals surface area contributed by atoms with Crippen molar-refractivity contribution in [3.05, 3.63) is 16.4 Å². The number of aromatic nitrogens is 2. The highest BCUT2D eigenvalue weighted by molar-refractivity contribution is 8.01. The van der Waals surface area contributed by atoms with Gasteiger partial charge in [-0.1, -0.05) is 18.2 Å². The van der Waals surface area contributed by atoms with E-state index in [1.54, 1.807) is 11.8 Å². The third-order valence-electron chi connectivity index (χ3n) is 3.43. The van der Waals surface area contributed by atoms with Crippen LogP contribution < -0.4 is 5.56 Å². The smallest absolute Gasteiger partial charge is 0.253 e. The SMILES string of the molecule is O=c1cc(O)c2sc(SCCN3CCCCC3)nc2[nH]1. The number of thiazole rings is 1.